The van der Waals surface area contributed by atoms with E-state index in [0.717, 1.165) is 99.8 Å². The maximum absolute atomic E-state index is 13.1. The van der Waals surface area contributed by atoms with Gasteiger partial charge in [0.25, 0.3) is 0 Å². The van der Waals surface area contributed by atoms with Crippen LogP contribution in [0.15, 0.2) is 46.9 Å². The fourth-order valence-electron chi connectivity index (χ4n) is 9.47. The number of nitrogens with one attached hydrogen (secondary N) is 2. The molecule has 0 radical (unpaired) electrons. The number of hydrogen-bond donors (Lipinski definition) is 5. The van der Waals surface area contributed by atoms with Gasteiger partial charge in [-0.1, -0.05) is 0 Å². The van der Waals surface area contributed by atoms with E-state index < -0.39 is 18.2 Å². The molecule has 2 aliphatic carbocycles. The molecular weight excluding hydrogens is 879 g/mol. The molecule has 1 saturated heterocycles. The van der Waals surface area contributed by atoms with E-state index in [9.17, 15) is 24.9 Å². The first-order chi connectivity index (χ1) is 31.9. The molecule has 18 heteroatoms. The standard InChI is InChI=1S/C26H29N5O4S.C22H22N4O3S/c1-13(2)35-21-6-16-9-27-8-15(16)5-18(21)30-24-23-17-4-3-14(7-22(17)36-25(23)29-12-28-24)26(34)31-10-19(32)20(33)11-31;1-11(2)29-17-6-14-9-23-8-13(14)5-16(17)26-20-19-15-4-3-12(22(27)28)7-18(15)30-21(19)25-10-24-20/h5-6,8,12-14,19-20,32-33H,3-4,7,9-11H2,1-2H3,(H,28,29,30);5-6,8,10-12H,3-4,7,9H2,1-2H3,(H,27,28)(H,24,25,26)/t14-,19+,20+;12-/m00/s1. The van der Waals surface area contributed by atoms with Gasteiger partial charge in [-0.05, 0) is 124 Å². The highest BCUT2D eigenvalue weighted by Gasteiger charge is 2.38. The zero-order valence-corrected chi connectivity index (χ0v) is 38.7. The van der Waals surface area contributed by atoms with E-state index in [1.54, 1.807) is 40.2 Å². The maximum Gasteiger partial charge on any atom is 0.306 e. The zero-order valence-electron chi connectivity index (χ0n) is 37.1. The highest BCUT2D eigenvalue weighted by Crippen LogP contribution is 2.44. The fraction of sp³-hybridized carbons (Fsp3) is 0.417. The Kier molecular flexibility index (Phi) is 11.9. The molecule has 5 N–H and O–H groups in total. The second-order valence-electron chi connectivity index (χ2n) is 18.0. The number of ether oxygens (including phenoxy) is 2. The third-order valence-electron chi connectivity index (χ3n) is 12.7. The first kappa shape index (κ1) is 43.8. The van der Waals surface area contributed by atoms with Crippen LogP contribution in [0.4, 0.5) is 23.0 Å². The van der Waals surface area contributed by atoms with Crippen molar-refractivity contribution in [3.05, 3.63) is 80.1 Å². The Hall–Kier alpha value is -6.08. The van der Waals surface area contributed by atoms with Crippen molar-refractivity contribution < 1.29 is 34.4 Å². The number of β-amino-alcohol motifs (C(OH)–C–C–N with tert-alkyl or cyclic N) is 2. The number of carboxylic acid groups (broad SMARTS) is 1. The van der Waals surface area contributed by atoms with Crippen LogP contribution >= 0.6 is 22.7 Å². The number of aliphatic imine (C=N–C) groups is 2. The Labute approximate surface area is 388 Å². The monoisotopic (exact) mass is 929 g/mol. The topological polar surface area (TPSA) is 217 Å². The van der Waals surface area contributed by atoms with E-state index in [1.165, 1.54) is 11.1 Å². The highest BCUT2D eigenvalue weighted by atomic mass is 32.1. The number of aryl methyl sites for hydroxylation is 2. The minimum atomic E-state index is -0.864. The van der Waals surface area contributed by atoms with E-state index in [4.69, 9.17) is 9.47 Å². The molecule has 0 saturated carbocycles. The molecule has 3 aliphatic heterocycles. The summed E-state index contributed by atoms with van der Waals surface area (Å²) in [6.45, 7) is 9.75. The molecule has 0 unspecified atom stereocenters. The molecule has 2 aromatic carbocycles. The SMILES string of the molecule is CC(C)Oc1cc2c(cc1Nc1ncnc3sc4c(c13)CC[C@H](C(=O)N1C[C@@H](O)[C@H](O)C1)C4)C=NC2.CC(C)Oc1cc2c(cc1Nc1ncnc3sc4c(c13)CC[C@H](C(=O)O)C4)C=NC2. The van der Waals surface area contributed by atoms with Crippen molar-refractivity contribution in [1.82, 2.24) is 24.8 Å². The highest BCUT2D eigenvalue weighted by molar-refractivity contribution is 7.19. The molecule has 5 aliphatic rings. The number of amides is 1. The van der Waals surface area contributed by atoms with Crippen molar-refractivity contribution in [3.8, 4) is 11.5 Å². The molecule has 0 spiro atoms. The molecule has 7 heterocycles. The number of aliphatic hydroxyl groups is 2. The van der Waals surface area contributed by atoms with Crippen molar-refractivity contribution in [2.45, 2.75) is 104 Å². The van der Waals surface area contributed by atoms with Gasteiger partial charge in [0.05, 0.1) is 65.6 Å². The van der Waals surface area contributed by atoms with Gasteiger partial charge in [0.15, 0.2) is 0 Å². The van der Waals surface area contributed by atoms with E-state index in [2.05, 4.69) is 58.8 Å². The number of thiophene rings is 2. The fourth-order valence-corrected chi connectivity index (χ4v) is 12.0. The lowest BCUT2D eigenvalue weighted by Crippen LogP contribution is -2.37. The number of aliphatic carboxylic acids is 1. The lowest BCUT2D eigenvalue weighted by atomic mass is 9.87. The van der Waals surface area contributed by atoms with Crippen LogP contribution in [-0.4, -0.2) is 102 Å². The Morgan fingerprint density at radius 3 is 1.64 bits per heavy atom. The van der Waals surface area contributed by atoms with Crippen molar-refractivity contribution in [2.24, 2.45) is 21.8 Å². The number of hydrogen-bond acceptors (Lipinski definition) is 16. The van der Waals surface area contributed by atoms with Crippen molar-refractivity contribution in [2.75, 3.05) is 23.7 Å². The summed E-state index contributed by atoms with van der Waals surface area (Å²) in [5, 5.41) is 38.1. The molecule has 66 heavy (non-hydrogen) atoms. The number of aromatic nitrogens is 4. The molecule has 1 amide bonds. The smallest absolute Gasteiger partial charge is 0.306 e. The van der Waals surface area contributed by atoms with Gasteiger partial charge in [-0.3, -0.25) is 19.6 Å². The zero-order chi connectivity index (χ0) is 45.8. The summed E-state index contributed by atoms with van der Waals surface area (Å²) in [7, 11) is 0. The van der Waals surface area contributed by atoms with Crippen LogP contribution in [0.5, 0.6) is 11.5 Å². The third kappa shape index (κ3) is 8.58. The summed E-state index contributed by atoms with van der Waals surface area (Å²) in [4.78, 5) is 57.0. The lowest BCUT2D eigenvalue weighted by Gasteiger charge is -2.26. The van der Waals surface area contributed by atoms with E-state index in [0.29, 0.717) is 38.8 Å². The Morgan fingerprint density at radius 2 is 1.17 bits per heavy atom. The molecule has 6 aromatic rings. The number of fused-ring (bicyclic) bond motifs is 8. The lowest BCUT2D eigenvalue weighted by molar-refractivity contribution is -0.142. The minimum absolute atomic E-state index is 0.00780. The first-order valence-corrected chi connectivity index (χ1v) is 24.1. The van der Waals surface area contributed by atoms with Crippen LogP contribution in [0, 0.1) is 11.8 Å². The molecule has 1 fully saturated rings. The number of rotatable bonds is 10. The predicted molar refractivity (Wildman–Crippen MR) is 256 cm³/mol. The van der Waals surface area contributed by atoms with Crippen LogP contribution < -0.4 is 20.1 Å². The average Bonchev–Trinajstić information content (AvgIpc) is 4.13. The molecule has 0 bridgehead atoms. The molecular formula is C48H51N9O7S2. The summed E-state index contributed by atoms with van der Waals surface area (Å²) < 4.78 is 12.2. The first-order valence-electron chi connectivity index (χ1n) is 22.5. The Bertz CT molecular complexity index is 2940. The second-order valence-corrected chi connectivity index (χ2v) is 20.2. The number of nitrogens with zero attached hydrogens (tertiary/aromatic N) is 7. The average molecular weight is 930 g/mol. The summed E-state index contributed by atoms with van der Waals surface area (Å²) in [5.74, 6) is 1.81. The number of carboxylic acids is 1. The summed E-state index contributed by atoms with van der Waals surface area (Å²) in [6, 6.07) is 8.21. The van der Waals surface area contributed by atoms with Crippen LogP contribution in [0.25, 0.3) is 20.4 Å². The van der Waals surface area contributed by atoms with Gasteiger partial charge < -0.3 is 40.3 Å². The number of carbonyl (C=O) groups is 2. The van der Waals surface area contributed by atoms with Crippen LogP contribution in [0.3, 0.4) is 0 Å². The van der Waals surface area contributed by atoms with Crippen molar-refractivity contribution >= 4 is 90.4 Å². The predicted octanol–water partition coefficient (Wildman–Crippen LogP) is 7.17. The summed E-state index contributed by atoms with van der Waals surface area (Å²) in [6.07, 6.45) is 9.24. The Morgan fingerprint density at radius 1 is 0.697 bits per heavy atom. The van der Waals surface area contributed by atoms with E-state index in [1.807, 2.05) is 46.2 Å². The van der Waals surface area contributed by atoms with Crippen LogP contribution in [0.2, 0.25) is 0 Å². The summed E-state index contributed by atoms with van der Waals surface area (Å²) in [5.41, 5.74) is 8.49. The molecule has 16 nitrogen and oxygen atoms in total. The number of likely N-dealkylation sites (tertiary alicyclic amines) is 1. The molecule has 11 rings (SSSR count). The number of carbonyl (C=O) groups excluding carboxylic acids is 1. The Balaban J connectivity index is 0.000000158. The summed E-state index contributed by atoms with van der Waals surface area (Å²) >= 11 is 3.18. The van der Waals surface area contributed by atoms with Crippen LogP contribution in [-0.2, 0) is 48.4 Å². The largest absolute Gasteiger partial charge is 0.489 e. The van der Waals surface area contributed by atoms with Crippen LogP contribution in [0.1, 0.15) is 83.7 Å². The van der Waals surface area contributed by atoms with E-state index in [-0.39, 0.29) is 43.0 Å². The quantitative estimate of drug-likeness (QED) is 0.0922. The number of benzene rings is 2. The van der Waals surface area contributed by atoms with Gasteiger partial charge in [-0.25, -0.2) is 19.9 Å². The van der Waals surface area contributed by atoms with Gasteiger partial charge in [0.1, 0.15) is 45.5 Å². The van der Waals surface area contributed by atoms with Crippen molar-refractivity contribution in [1.29, 1.82) is 0 Å². The number of anilines is 4. The molecule has 4 aromatic heterocycles. The van der Waals surface area contributed by atoms with Gasteiger partial charge in [0, 0.05) is 41.2 Å². The van der Waals surface area contributed by atoms with E-state index >= 15 is 0 Å². The van der Waals surface area contributed by atoms with Gasteiger partial charge in [-0.15, -0.1) is 22.7 Å². The van der Waals surface area contributed by atoms with Gasteiger partial charge >= 0.3 is 5.97 Å². The van der Waals surface area contributed by atoms with Gasteiger partial charge in [-0.2, -0.15) is 0 Å². The third-order valence-corrected chi connectivity index (χ3v) is 15.0. The molecule has 4 atom stereocenters. The minimum Gasteiger partial charge on any atom is -0.489 e. The van der Waals surface area contributed by atoms with Crippen molar-refractivity contribution in [3.63, 3.8) is 0 Å². The number of aliphatic hydroxyl groups excluding tert-OH is 2. The normalized spacial score (nSPS) is 20.3. The van der Waals surface area contributed by atoms with Gasteiger partial charge in [0.2, 0.25) is 5.91 Å². The maximum atomic E-state index is 13.1. The molecule has 342 valence electrons. The second kappa shape index (κ2) is 18.0.